The van der Waals surface area contributed by atoms with E-state index in [1.54, 1.807) is 14.2 Å². The molecule has 5 aromatic rings. The van der Waals surface area contributed by atoms with Crippen LogP contribution in [-0.4, -0.2) is 14.2 Å². The second-order valence-corrected chi connectivity index (χ2v) is 12.7. The molecule has 0 aromatic heterocycles. The Bertz CT molecular complexity index is 1750. The lowest BCUT2D eigenvalue weighted by molar-refractivity contribution is 0.412. The first-order valence-corrected chi connectivity index (χ1v) is 14.0. The zero-order valence-electron chi connectivity index (χ0n) is 21.7. The quantitative estimate of drug-likeness (QED) is 0.186. The number of rotatable bonds is 3. The standard InChI is InChI=1S/C32H29O4P/c1-32(2,3)22-15-14-20-17-25-26(18-21(20)16-22)31(35-5)30(19-28(25)34-4)37(33)29-13-9-7-11-24(29)23-10-6-8-12-27(23)36-37/h6-19H,1-5H3. The molecule has 37 heavy (non-hydrogen) atoms. The normalized spacial score (nSPS) is 16.7. The third kappa shape index (κ3) is 3.62. The number of fused-ring (bicyclic) bond motifs is 5. The van der Waals surface area contributed by atoms with Crippen LogP contribution in [0.25, 0.3) is 32.7 Å². The number of benzene rings is 5. The Morgan fingerprint density at radius 2 is 1.41 bits per heavy atom. The van der Waals surface area contributed by atoms with Crippen molar-refractivity contribution in [2.75, 3.05) is 14.2 Å². The van der Waals surface area contributed by atoms with E-state index in [4.69, 9.17) is 14.0 Å². The van der Waals surface area contributed by atoms with Gasteiger partial charge in [-0.25, -0.2) is 0 Å². The van der Waals surface area contributed by atoms with E-state index >= 15 is 4.57 Å². The Labute approximate surface area is 217 Å². The van der Waals surface area contributed by atoms with Crippen molar-refractivity contribution in [3.05, 3.63) is 90.5 Å². The van der Waals surface area contributed by atoms with Gasteiger partial charge in [-0.2, -0.15) is 0 Å². The van der Waals surface area contributed by atoms with Gasteiger partial charge in [0.1, 0.15) is 17.2 Å². The van der Waals surface area contributed by atoms with Gasteiger partial charge >= 0.3 is 7.37 Å². The second kappa shape index (κ2) is 8.39. The summed E-state index contributed by atoms with van der Waals surface area (Å²) in [5.74, 6) is 1.76. The number of hydrogen-bond donors (Lipinski definition) is 0. The van der Waals surface area contributed by atoms with Crippen molar-refractivity contribution in [2.24, 2.45) is 0 Å². The van der Waals surface area contributed by atoms with Crippen LogP contribution in [0.4, 0.5) is 0 Å². The lowest BCUT2D eigenvalue weighted by Crippen LogP contribution is -2.26. The molecule has 0 aliphatic carbocycles. The molecule has 1 aliphatic heterocycles. The van der Waals surface area contributed by atoms with Crippen LogP contribution in [0.15, 0.2) is 84.9 Å². The summed E-state index contributed by atoms with van der Waals surface area (Å²) in [6.07, 6.45) is 0. The zero-order chi connectivity index (χ0) is 25.9. The lowest BCUT2D eigenvalue weighted by atomic mass is 9.85. The van der Waals surface area contributed by atoms with Crippen molar-refractivity contribution in [3.8, 4) is 28.4 Å². The molecule has 0 amide bonds. The molecule has 5 heteroatoms. The van der Waals surface area contributed by atoms with Crippen molar-refractivity contribution in [1.29, 1.82) is 0 Å². The van der Waals surface area contributed by atoms with Crippen molar-refractivity contribution >= 4 is 39.5 Å². The minimum atomic E-state index is -3.59. The molecule has 0 bridgehead atoms. The Morgan fingerprint density at radius 3 is 2.14 bits per heavy atom. The fraction of sp³-hybridized carbons (Fsp3) is 0.188. The average Bonchev–Trinajstić information content (AvgIpc) is 2.90. The minimum Gasteiger partial charge on any atom is -0.496 e. The molecule has 1 atom stereocenters. The van der Waals surface area contributed by atoms with E-state index in [9.17, 15) is 0 Å². The summed E-state index contributed by atoms with van der Waals surface area (Å²) in [5.41, 5.74) is 3.10. The van der Waals surface area contributed by atoms with Crippen LogP contribution < -0.4 is 24.6 Å². The third-order valence-electron chi connectivity index (χ3n) is 7.22. The second-order valence-electron chi connectivity index (χ2n) is 10.5. The van der Waals surface area contributed by atoms with Crippen LogP contribution >= 0.6 is 7.37 Å². The minimum absolute atomic E-state index is 0.0183. The fourth-order valence-electron chi connectivity index (χ4n) is 5.26. The van der Waals surface area contributed by atoms with Crippen LogP contribution in [0.5, 0.6) is 17.2 Å². The summed E-state index contributed by atoms with van der Waals surface area (Å²) in [5, 5.41) is 5.08. The van der Waals surface area contributed by atoms with Crippen molar-refractivity contribution in [3.63, 3.8) is 0 Å². The zero-order valence-corrected chi connectivity index (χ0v) is 22.6. The number of methoxy groups -OCH3 is 2. The predicted molar refractivity (Wildman–Crippen MR) is 153 cm³/mol. The van der Waals surface area contributed by atoms with Gasteiger partial charge in [0, 0.05) is 16.3 Å². The molecule has 0 radical (unpaired) electrons. The smallest absolute Gasteiger partial charge is 0.311 e. The predicted octanol–water partition coefficient (Wildman–Crippen LogP) is 7.60. The summed E-state index contributed by atoms with van der Waals surface area (Å²) in [4.78, 5) is 0. The van der Waals surface area contributed by atoms with Crippen LogP contribution in [0.3, 0.4) is 0 Å². The first-order valence-electron chi connectivity index (χ1n) is 12.4. The van der Waals surface area contributed by atoms with E-state index < -0.39 is 7.37 Å². The van der Waals surface area contributed by atoms with Crippen LogP contribution in [0.1, 0.15) is 26.3 Å². The largest absolute Gasteiger partial charge is 0.496 e. The highest BCUT2D eigenvalue weighted by molar-refractivity contribution is 7.75. The molecule has 186 valence electrons. The summed E-state index contributed by atoms with van der Waals surface area (Å²) >= 11 is 0. The summed E-state index contributed by atoms with van der Waals surface area (Å²) in [7, 11) is -0.329. The SMILES string of the molecule is COc1cc(P2(=O)Oc3ccccc3-c3ccccc32)c(OC)c2cc3cc(C(C)(C)C)ccc3cc12. The van der Waals surface area contributed by atoms with Crippen LogP contribution in [-0.2, 0) is 9.98 Å². The molecule has 1 heterocycles. The first-order chi connectivity index (χ1) is 17.7. The van der Waals surface area contributed by atoms with E-state index in [1.807, 2.05) is 54.6 Å². The Balaban J connectivity index is 1.68. The number of hydrogen-bond acceptors (Lipinski definition) is 4. The average molecular weight is 509 g/mol. The molecule has 1 unspecified atom stereocenters. The van der Waals surface area contributed by atoms with E-state index in [1.165, 1.54) is 5.56 Å². The Hall–Kier alpha value is -3.75. The molecule has 4 nitrogen and oxygen atoms in total. The highest BCUT2D eigenvalue weighted by Gasteiger charge is 2.41. The highest BCUT2D eigenvalue weighted by atomic mass is 31.2. The molecule has 1 aliphatic rings. The molecular weight excluding hydrogens is 479 g/mol. The molecule has 6 rings (SSSR count). The van der Waals surface area contributed by atoms with Gasteiger partial charge in [-0.05, 0) is 57.6 Å². The number of ether oxygens (including phenoxy) is 2. The van der Waals surface area contributed by atoms with E-state index in [0.717, 1.165) is 32.7 Å². The molecule has 0 fully saturated rings. The maximum Gasteiger partial charge on any atom is 0.311 e. The van der Waals surface area contributed by atoms with Gasteiger partial charge in [-0.15, -0.1) is 0 Å². The molecule has 0 spiro atoms. The fourth-order valence-corrected chi connectivity index (χ4v) is 7.71. The summed E-state index contributed by atoms with van der Waals surface area (Å²) in [6, 6.07) is 28.1. The van der Waals surface area contributed by atoms with Crippen LogP contribution in [0, 0.1) is 0 Å². The van der Waals surface area contributed by atoms with E-state index in [2.05, 4.69) is 51.1 Å². The first kappa shape index (κ1) is 23.6. The maximum atomic E-state index is 15.0. The summed E-state index contributed by atoms with van der Waals surface area (Å²) in [6.45, 7) is 6.62. The monoisotopic (exact) mass is 508 g/mol. The van der Waals surface area contributed by atoms with Crippen molar-refractivity contribution in [1.82, 2.24) is 0 Å². The highest BCUT2D eigenvalue weighted by Crippen LogP contribution is 2.56. The van der Waals surface area contributed by atoms with Crippen molar-refractivity contribution in [2.45, 2.75) is 26.2 Å². The van der Waals surface area contributed by atoms with Gasteiger partial charge < -0.3 is 14.0 Å². The van der Waals surface area contributed by atoms with E-state index in [0.29, 0.717) is 27.9 Å². The third-order valence-corrected chi connectivity index (χ3v) is 9.66. The molecule has 0 saturated heterocycles. The molecular formula is C32H29O4P. The maximum absolute atomic E-state index is 15.0. The van der Waals surface area contributed by atoms with Gasteiger partial charge in [0.25, 0.3) is 0 Å². The van der Waals surface area contributed by atoms with Gasteiger partial charge in [-0.3, -0.25) is 4.57 Å². The van der Waals surface area contributed by atoms with Gasteiger partial charge in [0.05, 0.1) is 24.8 Å². The Kier molecular flexibility index (Phi) is 5.36. The van der Waals surface area contributed by atoms with Crippen LogP contribution in [0.2, 0.25) is 0 Å². The summed E-state index contributed by atoms with van der Waals surface area (Å²) < 4.78 is 33.3. The van der Waals surface area contributed by atoms with Gasteiger partial charge in [-0.1, -0.05) is 75.4 Å². The molecule has 0 N–H and O–H groups in total. The van der Waals surface area contributed by atoms with Gasteiger partial charge in [0.15, 0.2) is 0 Å². The lowest BCUT2D eigenvalue weighted by Gasteiger charge is -2.30. The molecule has 5 aromatic carbocycles. The Morgan fingerprint density at radius 1 is 0.703 bits per heavy atom. The topological polar surface area (TPSA) is 44.8 Å². The van der Waals surface area contributed by atoms with Gasteiger partial charge in [0.2, 0.25) is 0 Å². The number of para-hydroxylation sites is 1. The molecule has 0 saturated carbocycles. The van der Waals surface area contributed by atoms with E-state index in [-0.39, 0.29) is 5.41 Å². The van der Waals surface area contributed by atoms with Crippen molar-refractivity contribution < 1.29 is 18.6 Å².